The molecule has 8 nitrogen and oxygen atoms in total. The highest BCUT2D eigenvalue weighted by Gasteiger charge is 2.87. The lowest BCUT2D eigenvalue weighted by atomic mass is 9.54. The number of ether oxygens (including phenoxy) is 2. The summed E-state index contributed by atoms with van der Waals surface area (Å²) < 4.78 is 13.1. The van der Waals surface area contributed by atoms with Gasteiger partial charge in [-0.2, -0.15) is 4.90 Å². The van der Waals surface area contributed by atoms with Crippen molar-refractivity contribution >= 4 is 29.3 Å². The molecule has 1 N–H and O–H groups in total. The van der Waals surface area contributed by atoms with E-state index in [1.54, 1.807) is 67.2 Å². The van der Waals surface area contributed by atoms with E-state index in [1.165, 1.54) is 0 Å². The highest BCUT2D eigenvalue weighted by Crippen LogP contribution is 2.60. The van der Waals surface area contributed by atoms with Gasteiger partial charge in [0, 0.05) is 21.7 Å². The number of β-lactam (4-membered cyclic amide) rings is 1. The molecule has 0 bridgehead atoms. The summed E-state index contributed by atoms with van der Waals surface area (Å²) in [5.74, 6) is -3.85. The Morgan fingerprint density at radius 1 is 0.795 bits per heavy atom. The first kappa shape index (κ1) is 32.7. The van der Waals surface area contributed by atoms with Crippen molar-refractivity contribution in [3.05, 3.63) is 11.3 Å². The van der Waals surface area contributed by atoms with E-state index in [2.05, 4.69) is 4.99 Å². The zero-order chi connectivity index (χ0) is 30.9. The minimum Gasteiger partial charge on any atom is -0.452 e. The number of hydrogen-bond acceptors (Lipinski definition) is 6. The number of ketones is 2. The molecule has 2 aliphatic heterocycles. The molecule has 0 unspecified atom stereocenters. The van der Waals surface area contributed by atoms with Crippen LogP contribution in [0.2, 0.25) is 0 Å². The fraction of sp³-hybridized carbons (Fsp3) is 0.774. The summed E-state index contributed by atoms with van der Waals surface area (Å²) in [5.41, 5.74) is -6.00. The normalized spacial score (nSPS) is 26.2. The molecule has 0 radical (unpaired) electrons. The molecule has 0 aromatic carbocycles. The number of cyclic esters (lactones) is 1. The van der Waals surface area contributed by atoms with Crippen LogP contribution >= 0.6 is 0 Å². The quantitative estimate of drug-likeness (QED) is 0.242. The predicted octanol–water partition coefficient (Wildman–Crippen LogP) is 3.96. The van der Waals surface area contributed by atoms with Crippen LogP contribution in [0.5, 0.6) is 0 Å². The molecule has 0 aliphatic carbocycles. The minimum atomic E-state index is -2.08. The molecular weight excluding hydrogens is 496 g/mol. The second-order valence-corrected chi connectivity index (χ2v) is 15.6. The van der Waals surface area contributed by atoms with Crippen molar-refractivity contribution in [2.24, 2.45) is 27.1 Å². The smallest absolute Gasteiger partial charge is 0.348 e. The number of nitrogens with one attached hydrogen (secondary N) is 1. The number of nitrogens with zero attached hydrogens (tertiary/aromatic N) is 1. The number of hydrogen-bond donors (Lipinski definition) is 1. The Morgan fingerprint density at radius 3 is 1.62 bits per heavy atom. The van der Waals surface area contributed by atoms with Crippen LogP contribution in [0.1, 0.15) is 111 Å². The third kappa shape index (κ3) is 4.97. The molecule has 2 rings (SSSR count). The van der Waals surface area contributed by atoms with Gasteiger partial charge in [-0.3, -0.25) is 14.6 Å². The fourth-order valence-corrected chi connectivity index (χ4v) is 5.28. The van der Waals surface area contributed by atoms with Gasteiger partial charge in [-0.1, -0.05) is 83.1 Å². The van der Waals surface area contributed by atoms with E-state index in [-0.39, 0.29) is 23.4 Å². The Labute approximate surface area is 235 Å². The number of Topliss-reactive ketones (excluding diaryl/α,β-unsaturated/α-hetero) is 2. The molecule has 0 saturated carbocycles. The van der Waals surface area contributed by atoms with E-state index in [0.29, 0.717) is 5.84 Å². The van der Waals surface area contributed by atoms with Crippen LogP contribution in [0.15, 0.2) is 11.3 Å². The maximum Gasteiger partial charge on any atom is 0.348 e. The Hall–Kier alpha value is -2.51. The number of carbonyl (C=O) groups is 4. The number of carbonyl (C=O) groups excluding carboxylic acids is 4. The summed E-state index contributed by atoms with van der Waals surface area (Å²) >= 11 is 0. The van der Waals surface area contributed by atoms with Gasteiger partial charge in [0.05, 0.1) is 12.1 Å². The van der Waals surface area contributed by atoms with Crippen molar-refractivity contribution in [3.8, 4) is 0 Å². The topological polar surface area (TPSA) is 104 Å². The van der Waals surface area contributed by atoms with E-state index in [1.807, 2.05) is 48.5 Å². The van der Waals surface area contributed by atoms with Crippen molar-refractivity contribution in [2.45, 2.75) is 129 Å². The van der Waals surface area contributed by atoms with Crippen molar-refractivity contribution < 1.29 is 33.6 Å². The molecule has 0 aromatic rings. The zero-order valence-corrected chi connectivity index (χ0v) is 27.1. The molecule has 220 valence electrons. The Morgan fingerprint density at radius 2 is 1.28 bits per heavy atom. The molecule has 39 heavy (non-hydrogen) atoms. The molecule has 1 amide bonds. The van der Waals surface area contributed by atoms with Gasteiger partial charge >= 0.3 is 17.3 Å². The van der Waals surface area contributed by atoms with Crippen LogP contribution in [0.25, 0.3) is 0 Å². The highest BCUT2D eigenvalue weighted by molar-refractivity contribution is 6.37. The second kappa shape index (κ2) is 9.55. The van der Waals surface area contributed by atoms with Crippen molar-refractivity contribution in [3.63, 3.8) is 0 Å². The maximum atomic E-state index is 14.7. The van der Waals surface area contributed by atoms with Crippen LogP contribution in [-0.2, 0) is 28.7 Å². The summed E-state index contributed by atoms with van der Waals surface area (Å²) in [7, 11) is 0. The Balaban J connectivity index is 3.18. The molecular formula is C31H51N2O6+. The molecule has 2 aliphatic rings. The number of amides is 1. The van der Waals surface area contributed by atoms with Gasteiger partial charge < -0.3 is 9.47 Å². The summed E-state index contributed by atoms with van der Waals surface area (Å²) in [5, 5.41) is 0. The Bertz CT molecular complexity index is 1130. The van der Waals surface area contributed by atoms with Gasteiger partial charge in [-0.25, -0.2) is 9.59 Å². The van der Waals surface area contributed by atoms with Crippen LogP contribution in [0, 0.1) is 27.1 Å². The number of esters is 1. The molecule has 0 aromatic heterocycles. The average molecular weight is 548 g/mol. The minimum absolute atomic E-state index is 0.120. The lowest BCUT2D eigenvalue weighted by Gasteiger charge is -2.59. The van der Waals surface area contributed by atoms with E-state index < -0.39 is 56.3 Å². The first-order valence-electron chi connectivity index (χ1n) is 13.9. The zero-order valence-electron chi connectivity index (χ0n) is 27.1. The van der Waals surface area contributed by atoms with Crippen LogP contribution in [-0.4, -0.2) is 52.0 Å². The lowest BCUT2D eigenvalue weighted by Crippen LogP contribution is -2.96. The fourth-order valence-electron chi connectivity index (χ4n) is 5.28. The second-order valence-electron chi connectivity index (χ2n) is 15.6. The third-order valence-electron chi connectivity index (χ3n) is 7.08. The van der Waals surface area contributed by atoms with Gasteiger partial charge in [0.15, 0.2) is 11.6 Å². The predicted molar refractivity (Wildman–Crippen MR) is 150 cm³/mol. The molecule has 2 atom stereocenters. The highest BCUT2D eigenvalue weighted by atomic mass is 16.7. The molecule has 1 fully saturated rings. The van der Waals surface area contributed by atoms with E-state index in [9.17, 15) is 19.2 Å². The first-order valence-corrected chi connectivity index (χ1v) is 13.9. The van der Waals surface area contributed by atoms with Crippen LogP contribution in [0.4, 0.5) is 0 Å². The van der Waals surface area contributed by atoms with Gasteiger partial charge in [0.2, 0.25) is 0 Å². The molecule has 8 heteroatoms. The molecule has 1 saturated heterocycles. The number of amidine groups is 1. The Kier molecular flexibility index (Phi) is 8.01. The lowest BCUT2D eigenvalue weighted by molar-refractivity contribution is -0.508. The summed E-state index contributed by atoms with van der Waals surface area (Å²) in [6.45, 7) is 28.8. The van der Waals surface area contributed by atoms with Crippen LogP contribution < -0.4 is 4.99 Å². The van der Waals surface area contributed by atoms with Crippen molar-refractivity contribution in [1.29, 1.82) is 0 Å². The summed E-state index contributed by atoms with van der Waals surface area (Å²) in [6, 6.07) is -0.417. The van der Waals surface area contributed by atoms with E-state index in [0.717, 1.165) is 0 Å². The molecule has 2 heterocycles. The monoisotopic (exact) mass is 547 g/mol. The summed E-state index contributed by atoms with van der Waals surface area (Å²) in [4.78, 5) is 61.7. The van der Waals surface area contributed by atoms with Gasteiger partial charge in [-0.05, 0) is 27.7 Å². The molecule has 0 spiro atoms. The van der Waals surface area contributed by atoms with E-state index >= 15 is 0 Å². The number of rotatable bonds is 5. The summed E-state index contributed by atoms with van der Waals surface area (Å²) in [6.07, 6.45) is 0. The van der Waals surface area contributed by atoms with Crippen LogP contribution in [0.3, 0.4) is 0 Å². The SMILES string of the molecule is CC(C)[NH+]=C1N(C(C)C)C(=O)[C@@]1(C(=O)C(C)(C)C)[C@]1(C(C)(C)C)OC(=O)C(C(=O)C(C)(C)C)=C(C(C)(C)C)O1. The third-order valence-corrected chi connectivity index (χ3v) is 7.08. The van der Waals surface area contributed by atoms with Crippen molar-refractivity contribution in [2.75, 3.05) is 0 Å². The maximum absolute atomic E-state index is 14.7. The number of likely N-dealkylation sites (tertiary alicyclic amines) is 1. The van der Waals surface area contributed by atoms with E-state index in [4.69, 9.17) is 9.47 Å². The van der Waals surface area contributed by atoms with Gasteiger partial charge in [0.25, 0.3) is 11.6 Å². The first-order chi connectivity index (χ1) is 17.2. The largest absolute Gasteiger partial charge is 0.452 e. The standard InChI is InChI=1S/C31H50N2O6/c1-17(2)32-24-30(23(36)28(11,12)13,25(37)33(24)18(3)4)31(29(14,15)16)38-21(27(8,9)10)19(22(35)39-31)20(34)26(5,6)7/h17-18H,1-16H3/p+1/t30-,31-/m0/s1. The van der Waals surface area contributed by atoms with Gasteiger partial charge in [-0.15, -0.1) is 0 Å². The average Bonchev–Trinajstić information content (AvgIpc) is 2.69. The van der Waals surface area contributed by atoms with Gasteiger partial charge in [0.1, 0.15) is 11.3 Å². The number of allylic oxidation sites excluding steroid dienone is 1. The van der Waals surface area contributed by atoms with Crippen molar-refractivity contribution in [1.82, 2.24) is 4.90 Å².